The molecule has 1 atom stereocenters. The van der Waals surface area contributed by atoms with E-state index in [0.717, 1.165) is 68.7 Å². The molecule has 3 aromatic rings. The van der Waals surface area contributed by atoms with E-state index in [-0.39, 0.29) is 17.2 Å². The maximum absolute atomic E-state index is 12.9. The lowest BCUT2D eigenvalue weighted by atomic mass is 9.90. The van der Waals surface area contributed by atoms with Crippen molar-refractivity contribution in [2.75, 3.05) is 38.1 Å². The van der Waals surface area contributed by atoms with Gasteiger partial charge < -0.3 is 14.8 Å². The number of carbonyl (C=O) groups excluding carboxylic acids is 1. The molecule has 6 heteroatoms. The van der Waals surface area contributed by atoms with Crippen molar-refractivity contribution in [2.24, 2.45) is 18.4 Å². The Morgan fingerprint density at radius 1 is 1.11 bits per heavy atom. The molecule has 1 unspecified atom stereocenters. The highest BCUT2D eigenvalue weighted by Gasteiger charge is 2.58. The van der Waals surface area contributed by atoms with Crippen LogP contribution in [0.15, 0.2) is 42.5 Å². The van der Waals surface area contributed by atoms with Crippen LogP contribution in [0.25, 0.3) is 11.0 Å². The second-order valence-corrected chi connectivity index (χ2v) is 11.0. The molecule has 1 aliphatic carbocycles. The van der Waals surface area contributed by atoms with Gasteiger partial charge in [-0.25, -0.2) is 4.98 Å². The first-order valence-electron chi connectivity index (χ1n) is 13.3. The summed E-state index contributed by atoms with van der Waals surface area (Å²) in [6.07, 6.45) is 6.56. The Balaban J connectivity index is 0.979. The number of para-hydroxylation sites is 2. The van der Waals surface area contributed by atoms with Crippen molar-refractivity contribution in [3.8, 4) is 0 Å². The van der Waals surface area contributed by atoms with E-state index in [0.29, 0.717) is 6.54 Å². The van der Waals surface area contributed by atoms with Gasteiger partial charge in [0, 0.05) is 51.8 Å². The Bertz CT molecular complexity index is 1240. The molecule has 0 radical (unpaired) electrons. The highest BCUT2D eigenvalue weighted by molar-refractivity contribution is 5.82. The molecule has 0 bridgehead atoms. The number of piperidine rings is 1. The number of amides is 1. The second kappa shape index (κ2) is 8.98. The van der Waals surface area contributed by atoms with Crippen molar-refractivity contribution >= 4 is 22.6 Å². The summed E-state index contributed by atoms with van der Waals surface area (Å²) in [4.78, 5) is 22.6. The zero-order chi connectivity index (χ0) is 24.0. The van der Waals surface area contributed by atoms with Crippen LogP contribution in [-0.4, -0.2) is 53.6 Å². The Labute approximate surface area is 208 Å². The summed E-state index contributed by atoms with van der Waals surface area (Å²) < 4.78 is 2.14. The van der Waals surface area contributed by atoms with E-state index in [1.165, 1.54) is 29.7 Å². The van der Waals surface area contributed by atoms with E-state index in [1.54, 1.807) is 0 Å². The molecular formula is C29H37N5O. The lowest BCUT2D eigenvalue weighted by molar-refractivity contribution is -0.123. The maximum atomic E-state index is 12.9. The van der Waals surface area contributed by atoms with Gasteiger partial charge in [0.05, 0.1) is 11.0 Å². The predicted octanol–water partition coefficient (Wildman–Crippen LogP) is 3.92. The topological polar surface area (TPSA) is 53.4 Å². The monoisotopic (exact) mass is 471 g/mol. The highest BCUT2D eigenvalue weighted by Crippen LogP contribution is 2.59. The van der Waals surface area contributed by atoms with Gasteiger partial charge in [0.25, 0.3) is 0 Å². The summed E-state index contributed by atoms with van der Waals surface area (Å²) in [6, 6.07) is 15.2. The third-order valence-corrected chi connectivity index (χ3v) is 8.79. The number of nitrogens with one attached hydrogen (secondary N) is 1. The third kappa shape index (κ3) is 4.33. The SMILES string of the molecule is CN1CCCc2cc(CN3CCC4(CC3)CC4C(=O)NCCc3nc4ccccc4n3C)ccc21. The van der Waals surface area contributed by atoms with E-state index in [4.69, 9.17) is 4.98 Å². The van der Waals surface area contributed by atoms with E-state index in [2.05, 4.69) is 58.0 Å². The Hall–Kier alpha value is -2.86. The number of fused-ring (bicyclic) bond motifs is 2. The Kier molecular flexibility index (Phi) is 5.79. The fourth-order valence-electron chi connectivity index (χ4n) is 6.46. The number of hydrogen-bond donors (Lipinski definition) is 1. The lowest BCUT2D eigenvalue weighted by Gasteiger charge is -2.33. The van der Waals surface area contributed by atoms with Gasteiger partial charge in [-0.15, -0.1) is 0 Å². The van der Waals surface area contributed by atoms with Gasteiger partial charge in [0.15, 0.2) is 0 Å². The van der Waals surface area contributed by atoms with E-state index >= 15 is 0 Å². The van der Waals surface area contributed by atoms with Gasteiger partial charge >= 0.3 is 0 Å². The average Bonchev–Trinajstić information content (AvgIpc) is 3.48. The number of aromatic nitrogens is 2. The molecule has 1 aromatic heterocycles. The van der Waals surface area contributed by atoms with Crippen LogP contribution in [0, 0.1) is 11.3 Å². The zero-order valence-electron chi connectivity index (χ0n) is 21.1. The summed E-state index contributed by atoms with van der Waals surface area (Å²) in [5.41, 5.74) is 6.75. The van der Waals surface area contributed by atoms with Gasteiger partial charge in [-0.05, 0) is 79.9 Å². The minimum atomic E-state index is 0.198. The largest absolute Gasteiger partial charge is 0.374 e. The maximum Gasteiger partial charge on any atom is 0.223 e. The lowest BCUT2D eigenvalue weighted by Crippen LogP contribution is -2.37. The summed E-state index contributed by atoms with van der Waals surface area (Å²) in [5.74, 6) is 1.47. The van der Waals surface area contributed by atoms with E-state index in [1.807, 2.05) is 18.2 Å². The zero-order valence-corrected chi connectivity index (χ0v) is 21.1. The van der Waals surface area contributed by atoms with Gasteiger partial charge in [-0.2, -0.15) is 0 Å². The fraction of sp³-hybridized carbons (Fsp3) is 0.517. The quantitative estimate of drug-likeness (QED) is 0.592. The number of carbonyl (C=O) groups is 1. The molecule has 1 N–H and O–H groups in total. The van der Waals surface area contributed by atoms with Crippen molar-refractivity contribution in [2.45, 2.75) is 45.1 Å². The Morgan fingerprint density at radius 2 is 1.94 bits per heavy atom. The molecule has 1 saturated carbocycles. The smallest absolute Gasteiger partial charge is 0.223 e. The van der Waals surface area contributed by atoms with E-state index < -0.39 is 0 Å². The van der Waals surface area contributed by atoms with Gasteiger partial charge in [-0.3, -0.25) is 9.69 Å². The van der Waals surface area contributed by atoms with E-state index in [9.17, 15) is 4.79 Å². The molecule has 35 heavy (non-hydrogen) atoms. The molecule has 6 rings (SSSR count). The molecule has 184 valence electrons. The summed E-state index contributed by atoms with van der Waals surface area (Å²) in [7, 11) is 4.25. The van der Waals surface area contributed by atoms with Crippen molar-refractivity contribution in [3.05, 3.63) is 59.4 Å². The number of anilines is 1. The first-order chi connectivity index (χ1) is 17.0. The normalized spacial score (nSPS) is 21.3. The molecule has 2 fully saturated rings. The first kappa shape index (κ1) is 22.6. The number of nitrogens with zero attached hydrogens (tertiary/aromatic N) is 4. The number of rotatable bonds is 6. The number of benzene rings is 2. The first-order valence-corrected chi connectivity index (χ1v) is 13.3. The van der Waals surface area contributed by atoms with Crippen LogP contribution in [0.5, 0.6) is 0 Å². The van der Waals surface area contributed by atoms with Crippen LogP contribution in [-0.2, 0) is 31.2 Å². The number of aryl methyl sites for hydroxylation is 2. The van der Waals surface area contributed by atoms with Crippen LogP contribution in [0.2, 0.25) is 0 Å². The summed E-state index contributed by atoms with van der Waals surface area (Å²) >= 11 is 0. The van der Waals surface area contributed by atoms with Crippen molar-refractivity contribution in [1.29, 1.82) is 0 Å². The molecule has 1 saturated heterocycles. The summed E-state index contributed by atoms with van der Waals surface area (Å²) in [5, 5.41) is 3.21. The molecule has 6 nitrogen and oxygen atoms in total. The van der Waals surface area contributed by atoms with Crippen molar-refractivity contribution in [1.82, 2.24) is 19.8 Å². The standard InChI is InChI=1S/C29H37N5O/c1-32-15-5-6-22-18-21(9-10-25(22)32)20-34-16-12-29(13-17-34)19-23(29)28(35)30-14-11-27-31-24-7-3-4-8-26(24)33(27)2/h3-4,7-10,18,23H,5-6,11-17,19-20H2,1-2H3,(H,30,35). The third-order valence-electron chi connectivity index (χ3n) is 8.79. The number of imidazole rings is 1. The molecule has 2 aliphatic heterocycles. The number of hydrogen-bond acceptors (Lipinski definition) is 4. The molecular weight excluding hydrogens is 434 g/mol. The highest BCUT2D eigenvalue weighted by atomic mass is 16.2. The van der Waals surface area contributed by atoms with Crippen molar-refractivity contribution in [3.63, 3.8) is 0 Å². The fourth-order valence-corrected chi connectivity index (χ4v) is 6.46. The second-order valence-electron chi connectivity index (χ2n) is 11.0. The minimum Gasteiger partial charge on any atom is -0.374 e. The van der Waals surface area contributed by atoms with Crippen LogP contribution in [0.3, 0.4) is 0 Å². The van der Waals surface area contributed by atoms with Crippen LogP contribution in [0.4, 0.5) is 5.69 Å². The van der Waals surface area contributed by atoms with Crippen LogP contribution in [0.1, 0.15) is 42.6 Å². The average molecular weight is 472 g/mol. The van der Waals surface area contributed by atoms with Gasteiger partial charge in [0.1, 0.15) is 5.82 Å². The number of likely N-dealkylation sites (tertiary alicyclic amines) is 1. The van der Waals surface area contributed by atoms with Gasteiger partial charge in [0.2, 0.25) is 5.91 Å². The predicted molar refractivity (Wildman–Crippen MR) is 141 cm³/mol. The summed E-state index contributed by atoms with van der Waals surface area (Å²) in [6.45, 7) is 5.04. The molecule has 1 spiro atoms. The molecule has 2 aromatic carbocycles. The molecule has 3 heterocycles. The molecule has 3 aliphatic rings. The van der Waals surface area contributed by atoms with Crippen LogP contribution >= 0.6 is 0 Å². The van der Waals surface area contributed by atoms with Crippen molar-refractivity contribution < 1.29 is 4.79 Å². The van der Waals surface area contributed by atoms with Gasteiger partial charge in [-0.1, -0.05) is 24.3 Å². The van der Waals surface area contributed by atoms with Crippen LogP contribution < -0.4 is 10.2 Å². The molecule has 1 amide bonds. The minimum absolute atomic E-state index is 0.198. The Morgan fingerprint density at radius 3 is 2.77 bits per heavy atom.